The molecule has 1 heterocycles. The minimum absolute atomic E-state index is 0.0891. The maximum absolute atomic E-state index is 12.9. The first-order valence-electron chi connectivity index (χ1n) is 9.69. The molecule has 30 heavy (non-hydrogen) atoms. The Morgan fingerprint density at radius 3 is 2.30 bits per heavy atom. The molecule has 3 rings (SSSR count). The lowest BCUT2D eigenvalue weighted by atomic mass is 10.1. The molecule has 0 bridgehead atoms. The van der Waals surface area contributed by atoms with Crippen molar-refractivity contribution < 1.29 is 9.59 Å². The molecule has 0 unspecified atom stereocenters. The van der Waals surface area contributed by atoms with Crippen molar-refractivity contribution >= 4 is 23.2 Å². The van der Waals surface area contributed by atoms with Gasteiger partial charge in [-0.15, -0.1) is 0 Å². The third kappa shape index (κ3) is 5.00. The molecule has 0 aliphatic heterocycles. The van der Waals surface area contributed by atoms with Crippen LogP contribution < -0.4 is 16.2 Å². The summed E-state index contributed by atoms with van der Waals surface area (Å²) in [6, 6.07) is 18.2. The Hall–Kier alpha value is -3.74. The average Bonchev–Trinajstić information content (AvgIpc) is 2.73. The summed E-state index contributed by atoms with van der Waals surface area (Å²) in [6.07, 6.45) is 0. The number of benzene rings is 2. The van der Waals surface area contributed by atoms with Crippen LogP contribution in [0.25, 0.3) is 11.3 Å². The molecule has 0 saturated heterocycles. The summed E-state index contributed by atoms with van der Waals surface area (Å²) >= 11 is 0. The van der Waals surface area contributed by atoms with Crippen LogP contribution in [0.4, 0.5) is 11.4 Å². The Morgan fingerprint density at radius 1 is 0.967 bits per heavy atom. The summed E-state index contributed by atoms with van der Waals surface area (Å²) in [7, 11) is 0. The molecule has 0 aliphatic carbocycles. The van der Waals surface area contributed by atoms with Crippen LogP contribution in [0, 0.1) is 12.8 Å². The molecule has 154 valence electrons. The minimum Gasteiger partial charge on any atom is -0.324 e. The number of para-hydroxylation sites is 1. The van der Waals surface area contributed by atoms with E-state index in [0.29, 0.717) is 11.4 Å². The molecule has 0 aliphatic rings. The topological polar surface area (TPSA) is 93.1 Å². The van der Waals surface area contributed by atoms with Crippen LogP contribution in [0.1, 0.15) is 19.4 Å². The van der Waals surface area contributed by atoms with Crippen molar-refractivity contribution in [1.29, 1.82) is 0 Å². The highest BCUT2D eigenvalue weighted by Crippen LogP contribution is 2.18. The molecule has 0 fully saturated rings. The van der Waals surface area contributed by atoms with Crippen LogP contribution in [-0.2, 0) is 16.1 Å². The Bertz CT molecular complexity index is 1120. The van der Waals surface area contributed by atoms with E-state index in [1.807, 2.05) is 55.5 Å². The third-order valence-corrected chi connectivity index (χ3v) is 4.54. The predicted molar refractivity (Wildman–Crippen MR) is 117 cm³/mol. The molecule has 0 radical (unpaired) electrons. The fourth-order valence-corrected chi connectivity index (χ4v) is 2.80. The fourth-order valence-electron chi connectivity index (χ4n) is 2.80. The highest BCUT2D eigenvalue weighted by Gasteiger charge is 2.16. The van der Waals surface area contributed by atoms with Crippen molar-refractivity contribution in [2.24, 2.45) is 5.92 Å². The lowest BCUT2D eigenvalue weighted by Gasteiger charge is -2.13. The van der Waals surface area contributed by atoms with Crippen LogP contribution in [-0.4, -0.2) is 21.6 Å². The van der Waals surface area contributed by atoms with Gasteiger partial charge in [-0.25, -0.2) is 4.68 Å². The van der Waals surface area contributed by atoms with E-state index in [2.05, 4.69) is 15.7 Å². The van der Waals surface area contributed by atoms with E-state index >= 15 is 0 Å². The number of aryl methyl sites for hydroxylation is 1. The first-order valence-corrected chi connectivity index (χ1v) is 9.69. The molecule has 2 aromatic carbocycles. The third-order valence-electron chi connectivity index (χ3n) is 4.54. The number of rotatable bonds is 6. The largest absolute Gasteiger partial charge is 0.324 e. The number of carbonyl (C=O) groups is 2. The zero-order chi connectivity index (χ0) is 21.7. The monoisotopic (exact) mass is 404 g/mol. The molecule has 7 heteroatoms. The Morgan fingerprint density at radius 2 is 1.63 bits per heavy atom. The summed E-state index contributed by atoms with van der Waals surface area (Å²) in [4.78, 5) is 37.6. The van der Waals surface area contributed by atoms with Gasteiger partial charge in [0.15, 0.2) is 0 Å². The summed E-state index contributed by atoms with van der Waals surface area (Å²) in [5.74, 6) is -0.964. The minimum atomic E-state index is -0.538. The van der Waals surface area contributed by atoms with E-state index in [0.717, 1.165) is 15.8 Å². The maximum atomic E-state index is 12.9. The average molecular weight is 404 g/mol. The van der Waals surface area contributed by atoms with E-state index in [9.17, 15) is 14.4 Å². The SMILES string of the molecule is Cc1ccccc1NC(=O)Cn1nc(-c2ccccc2)cc(NC(=O)C(C)C)c1=O. The summed E-state index contributed by atoms with van der Waals surface area (Å²) in [5.41, 5.74) is 2.38. The van der Waals surface area contributed by atoms with Gasteiger partial charge in [0.05, 0.1) is 5.69 Å². The molecule has 2 amide bonds. The van der Waals surface area contributed by atoms with Gasteiger partial charge in [-0.3, -0.25) is 14.4 Å². The van der Waals surface area contributed by atoms with Crippen LogP contribution >= 0.6 is 0 Å². The van der Waals surface area contributed by atoms with E-state index < -0.39 is 5.56 Å². The second-order valence-corrected chi connectivity index (χ2v) is 7.28. The number of hydrogen-bond acceptors (Lipinski definition) is 4. The highest BCUT2D eigenvalue weighted by atomic mass is 16.2. The van der Waals surface area contributed by atoms with Crippen LogP contribution in [0.3, 0.4) is 0 Å². The molecule has 0 atom stereocenters. The van der Waals surface area contributed by atoms with Gasteiger partial charge in [0.1, 0.15) is 12.2 Å². The zero-order valence-corrected chi connectivity index (χ0v) is 17.2. The number of hydrogen-bond donors (Lipinski definition) is 2. The number of amides is 2. The summed E-state index contributed by atoms with van der Waals surface area (Å²) < 4.78 is 1.08. The number of nitrogens with one attached hydrogen (secondary N) is 2. The number of nitrogens with zero attached hydrogens (tertiary/aromatic N) is 2. The predicted octanol–water partition coefficient (Wildman–Crippen LogP) is 3.45. The molecule has 2 N–H and O–H groups in total. The van der Waals surface area contributed by atoms with Gasteiger partial charge < -0.3 is 10.6 Å². The van der Waals surface area contributed by atoms with Crippen molar-refractivity contribution in [1.82, 2.24) is 9.78 Å². The van der Waals surface area contributed by atoms with Crippen LogP contribution in [0.15, 0.2) is 65.5 Å². The van der Waals surface area contributed by atoms with Gasteiger partial charge in [-0.05, 0) is 24.6 Å². The maximum Gasteiger partial charge on any atom is 0.291 e. The van der Waals surface area contributed by atoms with Crippen LogP contribution in [0.2, 0.25) is 0 Å². The van der Waals surface area contributed by atoms with Gasteiger partial charge in [0.25, 0.3) is 5.56 Å². The standard InChI is InChI=1S/C23H24N4O3/c1-15(2)22(29)25-20-13-19(17-10-5-4-6-11-17)26-27(23(20)30)14-21(28)24-18-12-8-7-9-16(18)3/h4-13,15H,14H2,1-3H3,(H,24,28)(H,25,29). The second-order valence-electron chi connectivity index (χ2n) is 7.28. The van der Waals surface area contributed by atoms with Crippen molar-refractivity contribution in [2.45, 2.75) is 27.3 Å². The summed E-state index contributed by atoms with van der Waals surface area (Å²) in [6.45, 7) is 5.08. The van der Waals surface area contributed by atoms with Gasteiger partial charge in [0.2, 0.25) is 11.8 Å². The smallest absolute Gasteiger partial charge is 0.291 e. The van der Waals surface area contributed by atoms with Crippen molar-refractivity contribution in [2.75, 3.05) is 10.6 Å². The van der Waals surface area contributed by atoms with Gasteiger partial charge >= 0.3 is 0 Å². The van der Waals surface area contributed by atoms with Gasteiger partial charge in [-0.2, -0.15) is 5.10 Å². The first-order chi connectivity index (χ1) is 14.3. The summed E-state index contributed by atoms with van der Waals surface area (Å²) in [5, 5.41) is 9.80. The van der Waals surface area contributed by atoms with Crippen molar-refractivity contribution in [3.63, 3.8) is 0 Å². The molecule has 3 aromatic rings. The quantitative estimate of drug-likeness (QED) is 0.658. The Labute approximate surface area is 174 Å². The number of carbonyl (C=O) groups excluding carboxylic acids is 2. The lowest BCUT2D eigenvalue weighted by Crippen LogP contribution is -2.33. The highest BCUT2D eigenvalue weighted by molar-refractivity contribution is 5.93. The van der Waals surface area contributed by atoms with E-state index in [-0.39, 0.29) is 30.0 Å². The molecular formula is C23H24N4O3. The first kappa shape index (κ1) is 21.0. The zero-order valence-electron chi connectivity index (χ0n) is 17.2. The molecule has 0 saturated carbocycles. The fraction of sp³-hybridized carbons (Fsp3) is 0.217. The molecule has 7 nitrogen and oxygen atoms in total. The Balaban J connectivity index is 1.95. The van der Waals surface area contributed by atoms with E-state index in [1.165, 1.54) is 6.07 Å². The van der Waals surface area contributed by atoms with Crippen LogP contribution in [0.5, 0.6) is 0 Å². The van der Waals surface area contributed by atoms with Crippen molar-refractivity contribution in [3.05, 3.63) is 76.6 Å². The van der Waals surface area contributed by atoms with Gasteiger partial charge in [-0.1, -0.05) is 62.4 Å². The van der Waals surface area contributed by atoms with Crippen molar-refractivity contribution in [3.8, 4) is 11.3 Å². The second kappa shape index (κ2) is 9.17. The molecule has 0 spiro atoms. The van der Waals surface area contributed by atoms with E-state index in [4.69, 9.17) is 0 Å². The number of aromatic nitrogens is 2. The molecule has 1 aromatic heterocycles. The van der Waals surface area contributed by atoms with E-state index in [1.54, 1.807) is 19.9 Å². The lowest BCUT2D eigenvalue weighted by molar-refractivity contribution is -0.119. The Kier molecular flexibility index (Phi) is 6.41. The van der Waals surface area contributed by atoms with Gasteiger partial charge in [0, 0.05) is 17.2 Å². The molecular weight excluding hydrogens is 380 g/mol. The normalized spacial score (nSPS) is 10.7. The number of anilines is 2.